The van der Waals surface area contributed by atoms with Crippen molar-refractivity contribution in [1.29, 1.82) is 0 Å². The summed E-state index contributed by atoms with van der Waals surface area (Å²) in [5.74, 6) is -0.594. The molecule has 0 saturated carbocycles. The summed E-state index contributed by atoms with van der Waals surface area (Å²) in [6.07, 6.45) is 6.18. The van der Waals surface area contributed by atoms with Crippen LogP contribution in [0.15, 0.2) is 61.4 Å². The Morgan fingerprint density at radius 1 is 1.12 bits per heavy atom. The van der Waals surface area contributed by atoms with Crippen LogP contribution in [0.25, 0.3) is 17.1 Å². The quantitative estimate of drug-likeness (QED) is 0.383. The number of aromatic nitrogens is 6. The molecule has 0 bridgehead atoms. The number of benzene rings is 1. The fourth-order valence-electron chi connectivity index (χ4n) is 1.83. The molecule has 9 heteroatoms. The number of rotatable bonds is 2. The Labute approximate surface area is 155 Å². The molecule has 6 nitrogen and oxygen atoms in total. The molecule has 1 radical (unpaired) electrons. The Kier molecular flexibility index (Phi) is 6.62. The topological polar surface area (TPSA) is 70.6 Å². The first-order valence-corrected chi connectivity index (χ1v) is 6.81. The largest absolute Gasteiger partial charge is 0.352 e. The molecule has 0 fully saturated rings. The van der Waals surface area contributed by atoms with Gasteiger partial charge in [-0.2, -0.15) is 0 Å². The first kappa shape index (κ1) is 18.6. The number of hydrogen-bond acceptors (Lipinski definition) is 4. The van der Waals surface area contributed by atoms with Crippen molar-refractivity contribution in [3.8, 4) is 17.1 Å². The average molecular weight is 517 g/mol. The van der Waals surface area contributed by atoms with Gasteiger partial charge in [-0.05, 0) is 23.6 Å². The number of hydrogen-bond donors (Lipinski definition) is 0. The molecule has 0 saturated heterocycles. The van der Waals surface area contributed by atoms with E-state index in [-0.39, 0.29) is 25.7 Å². The van der Waals surface area contributed by atoms with Crippen molar-refractivity contribution >= 4 is 0 Å². The molecular formula is C16H10F2IrN6-2. The maximum absolute atomic E-state index is 13.2. The second-order valence-corrected chi connectivity index (χ2v) is 4.49. The fourth-order valence-corrected chi connectivity index (χ4v) is 1.83. The zero-order chi connectivity index (χ0) is 16.8. The molecule has 0 spiro atoms. The standard InChI is InChI=1S/C11H6F2N.C5H4N5.Ir/c12-8-4-5-9(10(13)7-8)11-3-1-2-6-14-11;1-2-7-9-5(1)10-4-6-3-8-10;/h1-4,6-7H;1-4H;/q2*-1;. The van der Waals surface area contributed by atoms with Crippen molar-refractivity contribution < 1.29 is 28.9 Å². The van der Waals surface area contributed by atoms with E-state index in [0.717, 1.165) is 12.1 Å². The Morgan fingerprint density at radius 2 is 2.00 bits per heavy atom. The van der Waals surface area contributed by atoms with Crippen molar-refractivity contribution in [1.82, 2.24) is 29.9 Å². The predicted octanol–water partition coefficient (Wildman–Crippen LogP) is 2.44. The monoisotopic (exact) mass is 517 g/mol. The fraction of sp³-hybridized carbons (Fsp3) is 0. The maximum Gasteiger partial charge on any atom is 0.114 e. The molecule has 3 heterocycles. The average Bonchev–Trinajstić information content (AvgIpc) is 3.30. The summed E-state index contributed by atoms with van der Waals surface area (Å²) in [5, 5.41) is 11.3. The second kappa shape index (κ2) is 8.91. The third-order valence-corrected chi connectivity index (χ3v) is 2.88. The second-order valence-electron chi connectivity index (χ2n) is 4.49. The van der Waals surface area contributed by atoms with Gasteiger partial charge in [0, 0.05) is 50.5 Å². The summed E-state index contributed by atoms with van der Waals surface area (Å²) < 4.78 is 27.3. The number of halogens is 2. The molecular weight excluding hydrogens is 506 g/mol. The van der Waals surface area contributed by atoms with E-state index in [9.17, 15) is 8.78 Å². The number of nitrogens with zero attached hydrogens (tertiary/aromatic N) is 6. The van der Waals surface area contributed by atoms with Gasteiger partial charge in [-0.3, -0.25) is 13.9 Å². The molecule has 4 rings (SSSR count). The molecule has 0 aliphatic rings. The van der Waals surface area contributed by atoms with Gasteiger partial charge < -0.3 is 14.8 Å². The molecule has 0 aliphatic heterocycles. The summed E-state index contributed by atoms with van der Waals surface area (Å²) in [7, 11) is 0. The van der Waals surface area contributed by atoms with Gasteiger partial charge in [-0.25, -0.2) is 10.1 Å². The van der Waals surface area contributed by atoms with Gasteiger partial charge >= 0.3 is 0 Å². The van der Waals surface area contributed by atoms with Crippen LogP contribution in [0.5, 0.6) is 0 Å². The third-order valence-electron chi connectivity index (χ3n) is 2.88. The molecule has 0 N–H and O–H groups in total. The SMILES string of the molecule is Fc1c[c-]c(-c2ccccn2)c(F)c1.[Ir].c1cc(-n2cncn2)[n-]n1. The molecule has 1 aromatic carbocycles. The van der Waals surface area contributed by atoms with Gasteiger partial charge in [0.05, 0.1) is 0 Å². The van der Waals surface area contributed by atoms with Crippen molar-refractivity contribution in [2.75, 3.05) is 0 Å². The summed E-state index contributed by atoms with van der Waals surface area (Å²) in [4.78, 5) is 7.71. The van der Waals surface area contributed by atoms with Crippen molar-refractivity contribution in [3.05, 3.63) is 79.1 Å². The smallest absolute Gasteiger partial charge is 0.114 e. The van der Waals surface area contributed by atoms with Gasteiger partial charge in [0.1, 0.15) is 6.33 Å². The van der Waals surface area contributed by atoms with E-state index in [0.29, 0.717) is 11.5 Å². The summed E-state index contributed by atoms with van der Waals surface area (Å²) in [6.45, 7) is 0. The van der Waals surface area contributed by atoms with Crippen LogP contribution in [0.4, 0.5) is 8.78 Å². The van der Waals surface area contributed by atoms with Gasteiger partial charge in [-0.15, -0.1) is 12.1 Å². The molecule has 0 atom stereocenters. The Hall–Kier alpha value is -2.77. The predicted molar refractivity (Wildman–Crippen MR) is 80.9 cm³/mol. The van der Waals surface area contributed by atoms with E-state index >= 15 is 0 Å². The van der Waals surface area contributed by atoms with Crippen LogP contribution in [0.2, 0.25) is 0 Å². The van der Waals surface area contributed by atoms with Crippen LogP contribution in [0.1, 0.15) is 0 Å². The molecule has 0 amide bonds. The molecule has 0 aliphatic carbocycles. The van der Waals surface area contributed by atoms with E-state index in [1.54, 1.807) is 47.7 Å². The summed E-state index contributed by atoms with van der Waals surface area (Å²) in [5.41, 5.74) is 0.636. The zero-order valence-corrected chi connectivity index (χ0v) is 14.9. The Balaban J connectivity index is 0.000000182. The van der Waals surface area contributed by atoms with Crippen LogP contribution in [-0.2, 0) is 20.1 Å². The van der Waals surface area contributed by atoms with Crippen LogP contribution in [-0.4, -0.2) is 24.8 Å². The minimum atomic E-state index is -0.649. The molecule has 129 valence electrons. The minimum Gasteiger partial charge on any atom is -0.352 e. The first-order valence-electron chi connectivity index (χ1n) is 6.81. The van der Waals surface area contributed by atoms with Crippen LogP contribution < -0.4 is 5.10 Å². The van der Waals surface area contributed by atoms with Crippen LogP contribution >= 0.6 is 0 Å². The van der Waals surface area contributed by atoms with E-state index in [2.05, 4.69) is 31.3 Å². The van der Waals surface area contributed by atoms with Crippen molar-refractivity contribution in [2.45, 2.75) is 0 Å². The minimum absolute atomic E-state index is 0. The van der Waals surface area contributed by atoms with Gasteiger partial charge in [0.15, 0.2) is 0 Å². The van der Waals surface area contributed by atoms with E-state index in [1.807, 2.05) is 0 Å². The third kappa shape index (κ3) is 4.85. The van der Waals surface area contributed by atoms with Gasteiger partial charge in [0.2, 0.25) is 0 Å². The van der Waals surface area contributed by atoms with Crippen LogP contribution in [0.3, 0.4) is 0 Å². The Bertz CT molecular complexity index is 850. The maximum atomic E-state index is 13.2. The van der Waals surface area contributed by atoms with Gasteiger partial charge in [0.25, 0.3) is 0 Å². The normalized spacial score (nSPS) is 9.68. The molecule has 3 aromatic heterocycles. The molecule has 0 unspecified atom stereocenters. The van der Waals surface area contributed by atoms with Crippen LogP contribution in [0, 0.1) is 17.7 Å². The summed E-state index contributed by atoms with van der Waals surface area (Å²) >= 11 is 0. The van der Waals surface area contributed by atoms with Gasteiger partial charge in [-0.1, -0.05) is 23.8 Å². The van der Waals surface area contributed by atoms with Crippen molar-refractivity contribution in [3.63, 3.8) is 0 Å². The van der Waals surface area contributed by atoms with E-state index in [1.165, 1.54) is 6.33 Å². The summed E-state index contributed by atoms with van der Waals surface area (Å²) in [6, 6.07) is 11.3. The zero-order valence-electron chi connectivity index (χ0n) is 12.5. The first-order chi connectivity index (χ1) is 11.7. The Morgan fingerprint density at radius 3 is 2.60 bits per heavy atom. The van der Waals surface area contributed by atoms with E-state index in [4.69, 9.17) is 0 Å². The molecule has 25 heavy (non-hydrogen) atoms. The molecule has 4 aromatic rings. The number of pyridine rings is 1. The van der Waals surface area contributed by atoms with Crippen molar-refractivity contribution in [2.24, 2.45) is 0 Å². The van der Waals surface area contributed by atoms with E-state index < -0.39 is 11.6 Å².